The highest BCUT2D eigenvalue weighted by atomic mass is 16.5. The van der Waals surface area contributed by atoms with Crippen molar-refractivity contribution in [3.05, 3.63) is 41.2 Å². The van der Waals surface area contributed by atoms with Gasteiger partial charge in [-0.2, -0.15) is 5.10 Å². The summed E-state index contributed by atoms with van der Waals surface area (Å²) >= 11 is 0. The van der Waals surface area contributed by atoms with E-state index in [9.17, 15) is 0 Å². The number of hydrogen-bond donors (Lipinski definition) is 1. The number of ether oxygens (including phenoxy) is 1. The largest absolute Gasteiger partial charge is 0.497 e. The lowest BCUT2D eigenvalue weighted by Crippen LogP contribution is -2.46. The lowest BCUT2D eigenvalue weighted by Gasteiger charge is -2.36. The Morgan fingerprint density at radius 1 is 1.18 bits per heavy atom. The third-order valence-electron chi connectivity index (χ3n) is 4.32. The van der Waals surface area contributed by atoms with Gasteiger partial charge in [0.15, 0.2) is 0 Å². The van der Waals surface area contributed by atoms with Gasteiger partial charge in [-0.05, 0) is 31.5 Å². The zero-order valence-electron chi connectivity index (χ0n) is 13.6. The summed E-state index contributed by atoms with van der Waals surface area (Å²) in [6.07, 6.45) is 0. The number of aromatic amines is 1. The molecule has 1 fully saturated rings. The molecule has 22 heavy (non-hydrogen) atoms. The number of aryl methyl sites for hydroxylation is 2. The first-order valence-corrected chi connectivity index (χ1v) is 7.79. The second kappa shape index (κ2) is 6.40. The van der Waals surface area contributed by atoms with Gasteiger partial charge in [0, 0.05) is 32.7 Å². The van der Waals surface area contributed by atoms with E-state index in [1.165, 1.54) is 16.9 Å². The van der Waals surface area contributed by atoms with E-state index in [0.29, 0.717) is 0 Å². The van der Waals surface area contributed by atoms with Gasteiger partial charge in [0.05, 0.1) is 24.2 Å². The summed E-state index contributed by atoms with van der Waals surface area (Å²) in [5.74, 6) is 0.931. The molecule has 0 aliphatic carbocycles. The van der Waals surface area contributed by atoms with Crippen molar-refractivity contribution in [2.75, 3.05) is 38.2 Å². The van der Waals surface area contributed by atoms with Crippen LogP contribution in [0.25, 0.3) is 0 Å². The molecule has 1 aliphatic heterocycles. The zero-order valence-corrected chi connectivity index (χ0v) is 13.6. The molecule has 1 aromatic heterocycles. The second-order valence-corrected chi connectivity index (χ2v) is 5.90. The normalized spacial score (nSPS) is 16.0. The minimum atomic E-state index is 0.931. The summed E-state index contributed by atoms with van der Waals surface area (Å²) in [6.45, 7) is 9.38. The quantitative estimate of drug-likeness (QED) is 0.941. The minimum absolute atomic E-state index is 0.931. The van der Waals surface area contributed by atoms with Crippen LogP contribution in [-0.2, 0) is 6.54 Å². The summed E-state index contributed by atoms with van der Waals surface area (Å²) in [7, 11) is 1.72. The van der Waals surface area contributed by atoms with E-state index in [-0.39, 0.29) is 0 Å². The molecule has 118 valence electrons. The van der Waals surface area contributed by atoms with Crippen molar-refractivity contribution in [1.82, 2.24) is 15.1 Å². The van der Waals surface area contributed by atoms with Crippen LogP contribution in [0.3, 0.4) is 0 Å². The van der Waals surface area contributed by atoms with Gasteiger partial charge in [-0.25, -0.2) is 0 Å². The molecule has 0 atom stereocenters. The summed E-state index contributed by atoms with van der Waals surface area (Å²) < 4.78 is 5.30. The van der Waals surface area contributed by atoms with Crippen LogP contribution in [0.1, 0.15) is 17.0 Å². The van der Waals surface area contributed by atoms with Gasteiger partial charge in [0.2, 0.25) is 0 Å². The Kier molecular flexibility index (Phi) is 4.34. The van der Waals surface area contributed by atoms with Gasteiger partial charge in [-0.3, -0.25) is 10.00 Å². The van der Waals surface area contributed by atoms with Gasteiger partial charge in [-0.15, -0.1) is 0 Å². The summed E-state index contributed by atoms with van der Waals surface area (Å²) in [6, 6.07) is 8.34. The van der Waals surface area contributed by atoms with Crippen LogP contribution in [0.2, 0.25) is 0 Å². The van der Waals surface area contributed by atoms with Gasteiger partial charge < -0.3 is 9.64 Å². The van der Waals surface area contributed by atoms with Crippen LogP contribution >= 0.6 is 0 Å². The molecule has 5 nitrogen and oxygen atoms in total. The maximum absolute atomic E-state index is 5.30. The Morgan fingerprint density at radius 3 is 2.59 bits per heavy atom. The van der Waals surface area contributed by atoms with Crippen molar-refractivity contribution >= 4 is 5.69 Å². The third-order valence-corrected chi connectivity index (χ3v) is 4.32. The number of anilines is 1. The molecule has 1 aromatic carbocycles. The monoisotopic (exact) mass is 300 g/mol. The smallest absolute Gasteiger partial charge is 0.119 e. The maximum Gasteiger partial charge on any atom is 0.119 e. The van der Waals surface area contributed by atoms with Crippen LogP contribution in [-0.4, -0.2) is 48.4 Å². The lowest BCUT2D eigenvalue weighted by atomic mass is 10.1. The van der Waals surface area contributed by atoms with Crippen LogP contribution in [0, 0.1) is 13.8 Å². The fraction of sp³-hybridized carbons (Fsp3) is 0.471. The van der Waals surface area contributed by atoms with E-state index in [1.807, 2.05) is 6.07 Å². The van der Waals surface area contributed by atoms with Crippen LogP contribution in [0.5, 0.6) is 5.75 Å². The molecule has 0 spiro atoms. The first-order chi connectivity index (χ1) is 10.7. The van der Waals surface area contributed by atoms with Crippen molar-refractivity contribution in [3.63, 3.8) is 0 Å². The third kappa shape index (κ3) is 3.09. The molecule has 5 heteroatoms. The van der Waals surface area contributed by atoms with Gasteiger partial charge in [0.1, 0.15) is 5.75 Å². The number of piperazine rings is 1. The Bertz CT molecular complexity index is 610. The van der Waals surface area contributed by atoms with E-state index in [0.717, 1.165) is 44.2 Å². The average Bonchev–Trinajstić information content (AvgIpc) is 2.87. The molecule has 1 saturated heterocycles. The Balaban J connectivity index is 1.60. The van der Waals surface area contributed by atoms with Gasteiger partial charge >= 0.3 is 0 Å². The molecule has 0 radical (unpaired) electrons. The highest BCUT2D eigenvalue weighted by Gasteiger charge is 2.21. The van der Waals surface area contributed by atoms with Gasteiger partial charge in [0.25, 0.3) is 0 Å². The predicted molar refractivity (Wildman–Crippen MR) is 88.5 cm³/mol. The van der Waals surface area contributed by atoms with Crippen LogP contribution < -0.4 is 9.64 Å². The van der Waals surface area contributed by atoms with Crippen LogP contribution in [0.15, 0.2) is 24.3 Å². The number of hydrogen-bond acceptors (Lipinski definition) is 4. The zero-order chi connectivity index (χ0) is 15.5. The van der Waals surface area contributed by atoms with E-state index in [4.69, 9.17) is 4.74 Å². The molecule has 0 amide bonds. The van der Waals surface area contributed by atoms with Crippen molar-refractivity contribution in [3.8, 4) is 5.75 Å². The molecule has 1 aliphatic rings. The van der Waals surface area contributed by atoms with Gasteiger partial charge in [-0.1, -0.05) is 12.1 Å². The number of methoxy groups -OCH3 is 1. The second-order valence-electron chi connectivity index (χ2n) is 5.90. The van der Waals surface area contributed by atoms with Crippen molar-refractivity contribution in [1.29, 1.82) is 0 Å². The molecular weight excluding hydrogens is 276 g/mol. The Hall–Kier alpha value is -2.01. The molecule has 2 heterocycles. The minimum Gasteiger partial charge on any atom is -0.497 e. The first-order valence-electron chi connectivity index (χ1n) is 7.79. The van der Waals surface area contributed by atoms with Crippen LogP contribution in [0.4, 0.5) is 5.69 Å². The molecule has 2 aromatic rings. The summed E-state index contributed by atoms with van der Waals surface area (Å²) in [4.78, 5) is 4.94. The number of nitrogens with zero attached hydrogens (tertiary/aromatic N) is 3. The summed E-state index contributed by atoms with van der Waals surface area (Å²) in [5.41, 5.74) is 4.85. The van der Waals surface area contributed by atoms with E-state index in [2.05, 4.69) is 52.0 Å². The highest BCUT2D eigenvalue weighted by molar-refractivity contribution is 5.54. The highest BCUT2D eigenvalue weighted by Crippen LogP contribution is 2.24. The Labute approximate surface area is 131 Å². The molecule has 1 N–H and O–H groups in total. The SMILES string of the molecule is COc1cccc(CN2CCN(c3c(C)n[nH]c3C)CC2)c1. The van der Waals surface area contributed by atoms with E-state index >= 15 is 0 Å². The number of aromatic nitrogens is 2. The number of benzene rings is 1. The number of nitrogens with one attached hydrogen (secondary N) is 1. The molecule has 0 bridgehead atoms. The Morgan fingerprint density at radius 2 is 1.95 bits per heavy atom. The number of rotatable bonds is 4. The topological polar surface area (TPSA) is 44.4 Å². The van der Waals surface area contributed by atoms with Crippen molar-refractivity contribution < 1.29 is 4.74 Å². The average molecular weight is 300 g/mol. The molecule has 3 rings (SSSR count). The summed E-state index contributed by atoms with van der Waals surface area (Å²) in [5, 5.41) is 7.38. The molecular formula is C17H24N4O. The van der Waals surface area contributed by atoms with E-state index < -0.39 is 0 Å². The fourth-order valence-electron chi connectivity index (χ4n) is 3.17. The van der Waals surface area contributed by atoms with Crippen molar-refractivity contribution in [2.45, 2.75) is 20.4 Å². The number of H-pyrrole nitrogens is 1. The maximum atomic E-state index is 5.30. The van der Waals surface area contributed by atoms with E-state index in [1.54, 1.807) is 7.11 Å². The molecule has 0 unspecified atom stereocenters. The molecule has 0 saturated carbocycles. The first kappa shape index (κ1) is 14.9. The lowest BCUT2D eigenvalue weighted by molar-refractivity contribution is 0.249. The standard InChI is InChI=1S/C17H24N4O/c1-13-17(14(2)19-18-13)21-9-7-20(8-10-21)12-15-5-4-6-16(11-15)22-3/h4-6,11H,7-10,12H2,1-3H3,(H,18,19). The van der Waals surface area contributed by atoms with Crippen molar-refractivity contribution in [2.24, 2.45) is 0 Å². The predicted octanol–water partition coefficient (Wildman–Crippen LogP) is 2.36. The fourth-order valence-corrected chi connectivity index (χ4v) is 3.17.